The van der Waals surface area contributed by atoms with Crippen molar-refractivity contribution in [2.75, 3.05) is 14.2 Å². The highest BCUT2D eigenvalue weighted by molar-refractivity contribution is 5.95. The normalized spacial score (nSPS) is 19.3. The minimum atomic E-state index is -0.585. The van der Waals surface area contributed by atoms with Gasteiger partial charge in [0.15, 0.2) is 11.5 Å². The third-order valence-electron chi connectivity index (χ3n) is 5.94. The first-order valence-electron chi connectivity index (χ1n) is 10.9. The van der Waals surface area contributed by atoms with Crippen molar-refractivity contribution in [2.45, 2.75) is 31.7 Å². The van der Waals surface area contributed by atoms with E-state index in [0.29, 0.717) is 48.4 Å². The number of benzene rings is 1. The van der Waals surface area contributed by atoms with Crippen LogP contribution in [0.5, 0.6) is 11.5 Å². The number of phenols is 1. The molecule has 0 saturated heterocycles. The number of hydrogen-bond acceptors (Lipinski definition) is 6. The quantitative estimate of drug-likeness (QED) is 0.498. The number of rotatable bonds is 6. The molecule has 0 atom stereocenters. The molecule has 2 aromatic rings. The van der Waals surface area contributed by atoms with Crippen LogP contribution in [0, 0.1) is 5.92 Å². The van der Waals surface area contributed by atoms with Crippen molar-refractivity contribution >= 4 is 17.6 Å². The summed E-state index contributed by atoms with van der Waals surface area (Å²) in [6, 6.07) is 6.23. The molecule has 1 aromatic heterocycles. The third kappa shape index (κ3) is 4.66. The zero-order valence-electron chi connectivity index (χ0n) is 18.8. The van der Waals surface area contributed by atoms with Crippen molar-refractivity contribution in [2.24, 2.45) is 5.92 Å². The summed E-state index contributed by atoms with van der Waals surface area (Å²) in [5.41, 5.74) is 6.17. The smallest absolute Gasteiger partial charge is 0.308 e. The Balaban J connectivity index is 1.66. The molecule has 2 aliphatic rings. The summed E-state index contributed by atoms with van der Waals surface area (Å²) in [7, 11) is 2.84. The molecule has 34 heavy (non-hydrogen) atoms. The van der Waals surface area contributed by atoms with Crippen molar-refractivity contribution in [3.05, 3.63) is 59.4 Å². The van der Waals surface area contributed by atoms with Gasteiger partial charge in [-0.25, -0.2) is 4.68 Å². The van der Waals surface area contributed by atoms with Crippen molar-refractivity contribution in [3.8, 4) is 22.8 Å². The van der Waals surface area contributed by atoms with E-state index in [9.17, 15) is 19.1 Å². The number of amides is 1. The fourth-order valence-corrected chi connectivity index (χ4v) is 4.18. The molecule has 1 amide bonds. The van der Waals surface area contributed by atoms with E-state index in [-0.39, 0.29) is 29.4 Å². The topological polar surface area (TPSA) is 103 Å². The van der Waals surface area contributed by atoms with Gasteiger partial charge in [-0.1, -0.05) is 6.07 Å². The fraction of sp³-hybridized carbons (Fsp3) is 0.320. The highest BCUT2D eigenvalue weighted by atomic mass is 19.1. The van der Waals surface area contributed by atoms with E-state index in [2.05, 4.69) is 21.9 Å². The number of aromatic nitrogens is 2. The number of carbonyl (C=O) groups excluding carboxylic acids is 2. The number of esters is 1. The number of methoxy groups -OCH3 is 2. The lowest BCUT2D eigenvalue weighted by Crippen LogP contribution is -2.39. The molecule has 0 aliphatic heterocycles. The molecule has 1 heterocycles. The summed E-state index contributed by atoms with van der Waals surface area (Å²) >= 11 is 0. The van der Waals surface area contributed by atoms with Gasteiger partial charge in [0.2, 0.25) is 0 Å². The molecule has 2 aliphatic carbocycles. The molecule has 1 fully saturated rings. The van der Waals surface area contributed by atoms with Gasteiger partial charge in [-0.15, -0.1) is 0 Å². The van der Waals surface area contributed by atoms with Crippen molar-refractivity contribution in [1.82, 2.24) is 15.1 Å². The maximum Gasteiger partial charge on any atom is 0.308 e. The number of halogens is 1. The van der Waals surface area contributed by atoms with Gasteiger partial charge in [-0.3, -0.25) is 9.59 Å². The van der Waals surface area contributed by atoms with E-state index in [1.165, 1.54) is 43.2 Å². The molecule has 8 nitrogen and oxygen atoms in total. The SMILES string of the molecule is COc1cccc(O)c1-c1cc(C(=O)N[C@H]2CC[C@H](C(=O)OC)CC2)nn1C1=C=C=C(F)C=C1. The van der Waals surface area contributed by atoms with Crippen LogP contribution in [0.1, 0.15) is 36.2 Å². The van der Waals surface area contributed by atoms with Crippen LogP contribution in [-0.4, -0.2) is 47.0 Å². The Morgan fingerprint density at radius 3 is 2.59 bits per heavy atom. The number of hydrogen-bond donors (Lipinski definition) is 2. The highest BCUT2D eigenvalue weighted by Gasteiger charge is 2.29. The Labute approximate surface area is 195 Å². The molecule has 0 bridgehead atoms. The maximum atomic E-state index is 13.4. The lowest BCUT2D eigenvalue weighted by Gasteiger charge is -2.27. The average molecular weight is 465 g/mol. The summed E-state index contributed by atoms with van der Waals surface area (Å²) in [6.07, 6.45) is 5.21. The van der Waals surface area contributed by atoms with E-state index in [0.717, 1.165) is 0 Å². The van der Waals surface area contributed by atoms with E-state index < -0.39 is 11.7 Å². The summed E-state index contributed by atoms with van der Waals surface area (Å²) in [4.78, 5) is 24.8. The largest absolute Gasteiger partial charge is 0.507 e. The molecule has 0 spiro atoms. The predicted octanol–water partition coefficient (Wildman–Crippen LogP) is 3.74. The maximum absolute atomic E-state index is 13.4. The number of ether oxygens (including phenoxy) is 2. The van der Waals surface area contributed by atoms with Gasteiger partial charge in [0, 0.05) is 6.04 Å². The second-order valence-electron chi connectivity index (χ2n) is 8.04. The van der Waals surface area contributed by atoms with Crippen molar-refractivity contribution in [3.63, 3.8) is 0 Å². The van der Waals surface area contributed by atoms with Crippen LogP contribution in [0.4, 0.5) is 4.39 Å². The van der Waals surface area contributed by atoms with Crippen LogP contribution in [-0.2, 0) is 9.53 Å². The molecule has 0 radical (unpaired) electrons. The Hall–Kier alpha value is -4.06. The third-order valence-corrected chi connectivity index (χ3v) is 5.94. The molecule has 176 valence electrons. The molecule has 4 rings (SSSR count). The van der Waals surface area contributed by atoms with Gasteiger partial charge in [0.1, 0.15) is 17.2 Å². The molecule has 1 saturated carbocycles. The first kappa shape index (κ1) is 23.1. The van der Waals surface area contributed by atoms with E-state index >= 15 is 0 Å². The first-order chi connectivity index (χ1) is 16.4. The zero-order valence-corrected chi connectivity index (χ0v) is 18.8. The van der Waals surface area contributed by atoms with Gasteiger partial charge in [0.05, 0.1) is 31.4 Å². The number of carbonyl (C=O) groups is 2. The minimum Gasteiger partial charge on any atom is -0.507 e. The monoisotopic (exact) mass is 465 g/mol. The Morgan fingerprint density at radius 1 is 1.18 bits per heavy atom. The van der Waals surface area contributed by atoms with E-state index in [1.54, 1.807) is 12.1 Å². The molecule has 1 aromatic carbocycles. The summed E-state index contributed by atoms with van der Waals surface area (Å²) in [5, 5.41) is 17.9. The van der Waals surface area contributed by atoms with Crippen LogP contribution in [0.15, 0.2) is 53.7 Å². The second kappa shape index (κ2) is 9.83. The molecule has 9 heteroatoms. The van der Waals surface area contributed by atoms with Crippen LogP contribution < -0.4 is 10.1 Å². The van der Waals surface area contributed by atoms with Crippen molar-refractivity contribution in [1.29, 1.82) is 0 Å². The Bertz CT molecular complexity index is 1260. The van der Waals surface area contributed by atoms with Gasteiger partial charge in [-0.05, 0) is 67.5 Å². The van der Waals surface area contributed by atoms with Gasteiger partial charge in [-0.2, -0.15) is 9.49 Å². The standard InChI is InChI=1S/C25H24FN3O5/c1-33-22-5-3-4-21(30)23(22)20-14-19(28-29(20)18-12-8-16(26)9-13-18)24(31)27-17-10-6-15(7-11-17)25(32)34-2/h3-5,8,12,14-15,17,30H,6-7,10-11H2,1-2H3,(H,27,31)/t15-,17-. The van der Waals surface area contributed by atoms with Gasteiger partial charge < -0.3 is 19.9 Å². The van der Waals surface area contributed by atoms with Crippen LogP contribution in [0.25, 0.3) is 17.0 Å². The number of nitrogens with one attached hydrogen (secondary N) is 1. The summed E-state index contributed by atoms with van der Waals surface area (Å²) in [5.74, 6) is -1.06. The lowest BCUT2D eigenvalue weighted by molar-refractivity contribution is -0.146. The molecular weight excluding hydrogens is 441 g/mol. The molecular formula is C25H24FN3O5. The minimum absolute atomic E-state index is 0.0697. The van der Waals surface area contributed by atoms with Crippen LogP contribution >= 0.6 is 0 Å². The zero-order chi connectivity index (χ0) is 24.2. The van der Waals surface area contributed by atoms with E-state index in [1.807, 2.05) is 0 Å². The number of phenolic OH excluding ortho intramolecular Hbond substituents is 1. The average Bonchev–Trinajstić information content (AvgIpc) is 3.29. The molecule has 0 unspecified atom stereocenters. The van der Waals surface area contributed by atoms with Crippen molar-refractivity contribution < 1.29 is 28.6 Å². The van der Waals surface area contributed by atoms with Gasteiger partial charge in [0.25, 0.3) is 5.91 Å². The van der Waals surface area contributed by atoms with E-state index in [4.69, 9.17) is 9.47 Å². The fourth-order valence-electron chi connectivity index (χ4n) is 4.18. The Kier molecular flexibility index (Phi) is 6.68. The highest BCUT2D eigenvalue weighted by Crippen LogP contribution is 2.39. The van der Waals surface area contributed by atoms with Gasteiger partial charge >= 0.3 is 5.97 Å². The lowest BCUT2D eigenvalue weighted by atomic mass is 9.86. The first-order valence-corrected chi connectivity index (χ1v) is 10.9. The second-order valence-corrected chi connectivity index (χ2v) is 8.04. The number of allylic oxidation sites excluding steroid dienone is 4. The number of aromatic hydroxyl groups is 1. The van der Waals surface area contributed by atoms with Crippen LogP contribution in [0.2, 0.25) is 0 Å². The Morgan fingerprint density at radius 2 is 1.94 bits per heavy atom. The van der Waals surface area contributed by atoms with Crippen LogP contribution in [0.3, 0.4) is 0 Å². The molecule has 2 N–H and O–H groups in total. The number of nitrogens with zero attached hydrogens (tertiary/aromatic N) is 2. The summed E-state index contributed by atoms with van der Waals surface area (Å²) in [6.45, 7) is 0. The summed E-state index contributed by atoms with van der Waals surface area (Å²) < 4.78 is 25.0. The predicted molar refractivity (Wildman–Crippen MR) is 122 cm³/mol.